The average Bonchev–Trinajstić information content (AvgIpc) is 2.84. The van der Waals surface area contributed by atoms with E-state index in [1.165, 1.54) is 0 Å². The van der Waals surface area contributed by atoms with Crippen LogP contribution < -0.4 is 0 Å². The van der Waals surface area contributed by atoms with Gasteiger partial charge in [0.15, 0.2) is 5.82 Å². The van der Waals surface area contributed by atoms with Crippen molar-refractivity contribution >= 4 is 34.7 Å². The van der Waals surface area contributed by atoms with Gasteiger partial charge in [-0.2, -0.15) is 0 Å². The van der Waals surface area contributed by atoms with Gasteiger partial charge in [0.05, 0.1) is 17.8 Å². The molecule has 2 heterocycles. The Morgan fingerprint density at radius 2 is 2.08 bits per heavy atom. The number of azo groups is 1. The van der Waals surface area contributed by atoms with E-state index in [0.29, 0.717) is 27.9 Å². The number of hydrogen-bond donors (Lipinski definition) is 1. The standard InChI is InChI=1S/C17H15ClN4O2/c1-10-6-7-22-15(8-10)19-14(9-16(23)24)17(22)21-20-13-5-3-4-12(18)11(13)2/h3-8H,9H2,1-2H3,(H,23,24). The predicted octanol–water partition coefficient (Wildman–Crippen LogP) is 4.65. The van der Waals surface area contributed by atoms with Crippen LogP contribution in [0.1, 0.15) is 16.8 Å². The van der Waals surface area contributed by atoms with Crippen molar-refractivity contribution in [3.8, 4) is 0 Å². The molecule has 0 radical (unpaired) electrons. The van der Waals surface area contributed by atoms with Gasteiger partial charge in [-0.25, -0.2) is 4.98 Å². The second-order valence-electron chi connectivity index (χ2n) is 5.47. The molecule has 0 saturated heterocycles. The Morgan fingerprint density at radius 1 is 1.29 bits per heavy atom. The minimum atomic E-state index is -0.967. The molecule has 0 aliphatic heterocycles. The Hall–Kier alpha value is -2.73. The first kappa shape index (κ1) is 16.1. The van der Waals surface area contributed by atoms with Crippen molar-refractivity contribution in [2.45, 2.75) is 20.3 Å². The van der Waals surface area contributed by atoms with Crippen molar-refractivity contribution in [2.24, 2.45) is 10.2 Å². The molecule has 0 amide bonds. The Labute approximate surface area is 143 Å². The van der Waals surface area contributed by atoms with Gasteiger partial charge < -0.3 is 5.11 Å². The van der Waals surface area contributed by atoms with Crippen molar-refractivity contribution in [3.63, 3.8) is 0 Å². The van der Waals surface area contributed by atoms with E-state index in [-0.39, 0.29) is 6.42 Å². The predicted molar refractivity (Wildman–Crippen MR) is 91.6 cm³/mol. The van der Waals surface area contributed by atoms with Gasteiger partial charge >= 0.3 is 5.97 Å². The maximum absolute atomic E-state index is 11.1. The van der Waals surface area contributed by atoms with Crippen LogP contribution in [0.15, 0.2) is 46.8 Å². The molecule has 0 bridgehead atoms. The third-order valence-corrected chi connectivity index (χ3v) is 4.05. The molecule has 0 atom stereocenters. The second kappa shape index (κ2) is 6.41. The lowest BCUT2D eigenvalue weighted by molar-refractivity contribution is -0.136. The van der Waals surface area contributed by atoms with Crippen molar-refractivity contribution in [1.29, 1.82) is 0 Å². The summed E-state index contributed by atoms with van der Waals surface area (Å²) in [4.78, 5) is 15.5. The number of rotatable bonds is 4. The quantitative estimate of drug-likeness (QED) is 0.701. The van der Waals surface area contributed by atoms with Crippen molar-refractivity contribution < 1.29 is 9.90 Å². The highest BCUT2D eigenvalue weighted by Gasteiger charge is 2.15. The van der Waals surface area contributed by atoms with Gasteiger partial charge in [-0.1, -0.05) is 17.7 Å². The first-order valence-corrected chi connectivity index (χ1v) is 7.69. The molecule has 0 unspecified atom stereocenters. The molecule has 0 aliphatic rings. The van der Waals surface area contributed by atoms with Gasteiger partial charge in [-0.05, 0) is 49.2 Å². The highest BCUT2D eigenvalue weighted by molar-refractivity contribution is 6.31. The highest BCUT2D eigenvalue weighted by Crippen LogP contribution is 2.29. The molecule has 0 fully saturated rings. The van der Waals surface area contributed by atoms with Crippen LogP contribution in [0.2, 0.25) is 5.02 Å². The molecule has 0 saturated carbocycles. The van der Waals surface area contributed by atoms with E-state index >= 15 is 0 Å². The van der Waals surface area contributed by atoms with E-state index in [1.54, 1.807) is 22.6 Å². The fourth-order valence-electron chi connectivity index (χ4n) is 2.36. The Kier molecular flexibility index (Phi) is 4.31. The second-order valence-corrected chi connectivity index (χ2v) is 5.88. The van der Waals surface area contributed by atoms with Gasteiger partial charge in [0, 0.05) is 11.2 Å². The Balaban J connectivity index is 2.11. The third kappa shape index (κ3) is 3.14. The van der Waals surface area contributed by atoms with Gasteiger partial charge in [0.1, 0.15) is 5.65 Å². The number of aliphatic carboxylic acids is 1. The summed E-state index contributed by atoms with van der Waals surface area (Å²) >= 11 is 6.09. The van der Waals surface area contributed by atoms with E-state index in [2.05, 4.69) is 15.2 Å². The minimum absolute atomic E-state index is 0.219. The summed E-state index contributed by atoms with van der Waals surface area (Å²) in [6, 6.07) is 9.15. The number of halogens is 1. The molecule has 3 aromatic rings. The molecule has 6 nitrogen and oxygen atoms in total. The molecule has 1 aromatic carbocycles. The van der Waals surface area contributed by atoms with E-state index in [1.807, 2.05) is 32.2 Å². The van der Waals surface area contributed by atoms with E-state index in [9.17, 15) is 4.79 Å². The fourth-order valence-corrected chi connectivity index (χ4v) is 2.53. The van der Waals surface area contributed by atoms with Crippen LogP contribution in [0, 0.1) is 13.8 Å². The monoisotopic (exact) mass is 342 g/mol. The first-order chi connectivity index (χ1) is 11.5. The van der Waals surface area contributed by atoms with Crippen LogP contribution in [0.4, 0.5) is 11.5 Å². The lowest BCUT2D eigenvalue weighted by Crippen LogP contribution is -2.00. The van der Waals surface area contributed by atoms with Crippen molar-refractivity contribution in [3.05, 3.63) is 58.4 Å². The number of carboxylic acids is 1. The number of hydrogen-bond acceptors (Lipinski definition) is 4. The number of fused-ring (bicyclic) bond motifs is 1. The summed E-state index contributed by atoms with van der Waals surface area (Å²) in [5.41, 5.74) is 3.49. The molecular weight excluding hydrogens is 328 g/mol. The zero-order valence-electron chi connectivity index (χ0n) is 13.2. The van der Waals surface area contributed by atoms with Gasteiger partial charge in [-0.15, -0.1) is 10.2 Å². The lowest BCUT2D eigenvalue weighted by atomic mass is 10.2. The van der Waals surface area contributed by atoms with Crippen LogP contribution in [-0.2, 0) is 11.2 Å². The molecule has 1 N–H and O–H groups in total. The van der Waals surface area contributed by atoms with Crippen molar-refractivity contribution in [2.75, 3.05) is 0 Å². The number of carbonyl (C=O) groups is 1. The van der Waals surface area contributed by atoms with Crippen LogP contribution in [-0.4, -0.2) is 20.5 Å². The minimum Gasteiger partial charge on any atom is -0.481 e. The summed E-state index contributed by atoms with van der Waals surface area (Å²) < 4.78 is 1.73. The maximum Gasteiger partial charge on any atom is 0.309 e. The topological polar surface area (TPSA) is 79.3 Å². The van der Waals surface area contributed by atoms with Gasteiger partial charge in [-0.3, -0.25) is 9.20 Å². The lowest BCUT2D eigenvalue weighted by Gasteiger charge is -2.01. The molecule has 7 heteroatoms. The zero-order valence-corrected chi connectivity index (χ0v) is 13.9. The fraction of sp³-hybridized carbons (Fsp3) is 0.176. The summed E-state index contributed by atoms with van der Waals surface area (Å²) in [5, 5.41) is 18.2. The van der Waals surface area contributed by atoms with E-state index < -0.39 is 5.97 Å². The number of nitrogens with zero attached hydrogens (tertiary/aromatic N) is 4. The number of aryl methyl sites for hydroxylation is 1. The maximum atomic E-state index is 11.1. The van der Waals surface area contributed by atoms with Gasteiger partial charge in [0.2, 0.25) is 0 Å². The van der Waals surface area contributed by atoms with Crippen LogP contribution in [0.5, 0.6) is 0 Å². The van der Waals surface area contributed by atoms with Gasteiger partial charge in [0.25, 0.3) is 0 Å². The number of imidazole rings is 1. The van der Waals surface area contributed by atoms with E-state index in [0.717, 1.165) is 11.1 Å². The average molecular weight is 343 g/mol. The Morgan fingerprint density at radius 3 is 2.83 bits per heavy atom. The highest BCUT2D eigenvalue weighted by atomic mass is 35.5. The van der Waals surface area contributed by atoms with Crippen molar-refractivity contribution in [1.82, 2.24) is 9.38 Å². The van der Waals surface area contributed by atoms with E-state index in [4.69, 9.17) is 16.7 Å². The number of aromatic nitrogens is 2. The summed E-state index contributed by atoms with van der Waals surface area (Å²) in [5.74, 6) is -0.558. The van der Waals surface area contributed by atoms with Crippen LogP contribution in [0.25, 0.3) is 5.65 Å². The molecule has 2 aromatic heterocycles. The normalized spacial score (nSPS) is 11.5. The van der Waals surface area contributed by atoms with Crippen LogP contribution >= 0.6 is 11.6 Å². The third-order valence-electron chi connectivity index (χ3n) is 3.64. The molecule has 3 rings (SSSR count). The summed E-state index contributed by atoms with van der Waals surface area (Å²) in [6.45, 7) is 3.80. The number of carboxylic acid groups (broad SMARTS) is 1. The molecule has 0 aliphatic carbocycles. The molecule has 24 heavy (non-hydrogen) atoms. The molecule has 0 spiro atoms. The zero-order chi connectivity index (χ0) is 17.3. The smallest absolute Gasteiger partial charge is 0.309 e. The summed E-state index contributed by atoms with van der Waals surface area (Å²) in [7, 11) is 0. The van der Waals surface area contributed by atoms with Crippen LogP contribution in [0.3, 0.4) is 0 Å². The first-order valence-electron chi connectivity index (χ1n) is 7.32. The summed E-state index contributed by atoms with van der Waals surface area (Å²) in [6.07, 6.45) is 1.59. The number of pyridine rings is 1. The SMILES string of the molecule is Cc1ccn2c(N=Nc3cccc(Cl)c3C)c(CC(=O)O)nc2c1. The molecule has 122 valence electrons. The number of benzene rings is 1. The molecular formula is C17H15ClN4O2. The Bertz CT molecular complexity index is 963. The largest absolute Gasteiger partial charge is 0.481 e.